The number of nitrogens with two attached hydrogens (primary N) is 1. The summed E-state index contributed by atoms with van der Waals surface area (Å²) in [5, 5.41) is 0. The summed E-state index contributed by atoms with van der Waals surface area (Å²) in [6.07, 6.45) is 0. The van der Waals surface area contributed by atoms with E-state index in [4.69, 9.17) is 10.5 Å². The van der Waals surface area contributed by atoms with Crippen molar-refractivity contribution in [1.82, 2.24) is 0 Å². The average Bonchev–Trinajstić information content (AvgIpc) is 2.51. The molecule has 0 bridgehead atoms. The van der Waals surface area contributed by atoms with Crippen LogP contribution in [-0.4, -0.2) is 13.7 Å². The molecule has 0 fully saturated rings. The maximum absolute atomic E-state index is 14.0. The number of methoxy groups -OCH3 is 1. The first-order valence-corrected chi connectivity index (χ1v) is 6.78. The second kappa shape index (κ2) is 6.60. The topological polar surface area (TPSA) is 38.5 Å². The molecule has 0 heterocycles. The van der Waals surface area contributed by atoms with Gasteiger partial charge in [0.1, 0.15) is 11.6 Å². The van der Waals surface area contributed by atoms with Gasteiger partial charge in [0.2, 0.25) is 0 Å². The van der Waals surface area contributed by atoms with Gasteiger partial charge in [-0.1, -0.05) is 0 Å². The molecule has 0 aliphatic rings. The number of nitrogen functional groups attached to an aromatic ring is 1. The van der Waals surface area contributed by atoms with Gasteiger partial charge in [-0.15, -0.1) is 0 Å². The molecule has 0 atom stereocenters. The van der Waals surface area contributed by atoms with Crippen LogP contribution >= 0.6 is 0 Å². The fourth-order valence-electron chi connectivity index (χ4n) is 2.22. The van der Waals surface area contributed by atoms with E-state index in [0.717, 1.165) is 6.07 Å². The molecular formula is C16H17F3N2O. The van der Waals surface area contributed by atoms with Crippen LogP contribution in [0.4, 0.5) is 24.5 Å². The molecule has 6 heteroatoms. The molecule has 0 aliphatic heterocycles. The van der Waals surface area contributed by atoms with Gasteiger partial charge in [0.25, 0.3) is 0 Å². The highest BCUT2D eigenvalue weighted by Gasteiger charge is 2.17. The van der Waals surface area contributed by atoms with Crippen LogP contribution in [0.25, 0.3) is 0 Å². The lowest BCUT2D eigenvalue weighted by Gasteiger charge is -2.25. The molecule has 0 radical (unpaired) electrons. The van der Waals surface area contributed by atoms with Crippen molar-refractivity contribution in [2.45, 2.75) is 13.5 Å². The Kier molecular flexibility index (Phi) is 4.80. The van der Waals surface area contributed by atoms with Gasteiger partial charge in [0.15, 0.2) is 11.6 Å². The van der Waals surface area contributed by atoms with E-state index in [1.54, 1.807) is 11.0 Å². The van der Waals surface area contributed by atoms with E-state index in [1.165, 1.54) is 25.3 Å². The van der Waals surface area contributed by atoms with Gasteiger partial charge in [-0.05, 0) is 37.3 Å². The smallest absolute Gasteiger partial charge is 0.167 e. The predicted octanol–water partition coefficient (Wildman–Crippen LogP) is 3.72. The van der Waals surface area contributed by atoms with Crippen LogP contribution in [-0.2, 0) is 6.54 Å². The molecule has 0 spiro atoms. The maximum atomic E-state index is 14.0. The molecule has 0 aromatic heterocycles. The number of ether oxygens (including phenoxy) is 1. The Morgan fingerprint density at radius 2 is 1.77 bits per heavy atom. The second-order valence-corrected chi connectivity index (χ2v) is 4.76. The molecular weight excluding hydrogens is 293 g/mol. The first-order chi connectivity index (χ1) is 10.5. The fourth-order valence-corrected chi connectivity index (χ4v) is 2.22. The van der Waals surface area contributed by atoms with Gasteiger partial charge >= 0.3 is 0 Å². The van der Waals surface area contributed by atoms with Gasteiger partial charge < -0.3 is 15.4 Å². The largest absolute Gasteiger partial charge is 0.496 e. The van der Waals surface area contributed by atoms with Crippen molar-refractivity contribution in [3.8, 4) is 5.75 Å². The standard InChI is InChI=1S/C16H17F3N2O/c1-3-21(10-4-5-12(17)14(20)8-10)9-11-15(22-2)7-6-13(18)16(11)19/h4-8H,3,9,20H2,1-2H3. The summed E-state index contributed by atoms with van der Waals surface area (Å²) in [5.74, 6) is -2.15. The number of halogens is 3. The van der Waals surface area contributed by atoms with Crippen LogP contribution in [0.3, 0.4) is 0 Å². The predicted molar refractivity (Wildman–Crippen MR) is 80.4 cm³/mol. The van der Waals surface area contributed by atoms with E-state index in [0.29, 0.717) is 12.2 Å². The van der Waals surface area contributed by atoms with Gasteiger partial charge in [-0.3, -0.25) is 0 Å². The number of rotatable bonds is 5. The van der Waals surface area contributed by atoms with Crippen molar-refractivity contribution in [2.24, 2.45) is 0 Å². The summed E-state index contributed by atoms with van der Waals surface area (Å²) in [4.78, 5) is 1.75. The second-order valence-electron chi connectivity index (χ2n) is 4.76. The zero-order chi connectivity index (χ0) is 16.3. The highest BCUT2D eigenvalue weighted by atomic mass is 19.2. The van der Waals surface area contributed by atoms with E-state index < -0.39 is 17.5 Å². The fraction of sp³-hybridized carbons (Fsp3) is 0.250. The van der Waals surface area contributed by atoms with E-state index in [2.05, 4.69) is 0 Å². The molecule has 0 amide bonds. The van der Waals surface area contributed by atoms with Crippen molar-refractivity contribution in [2.75, 3.05) is 24.3 Å². The molecule has 118 valence electrons. The van der Waals surface area contributed by atoms with Gasteiger partial charge in [0.05, 0.1) is 18.4 Å². The highest BCUT2D eigenvalue weighted by Crippen LogP contribution is 2.28. The number of hydrogen-bond donors (Lipinski definition) is 1. The SMILES string of the molecule is CCN(Cc1c(OC)ccc(F)c1F)c1ccc(F)c(N)c1. The summed E-state index contributed by atoms with van der Waals surface area (Å²) in [5.41, 5.74) is 6.28. The third kappa shape index (κ3) is 3.10. The average molecular weight is 310 g/mol. The summed E-state index contributed by atoms with van der Waals surface area (Å²) in [7, 11) is 1.39. The Bertz CT molecular complexity index is 677. The van der Waals surface area contributed by atoms with E-state index in [1.807, 2.05) is 6.92 Å². The number of nitrogens with zero attached hydrogens (tertiary/aromatic N) is 1. The Hall–Kier alpha value is -2.37. The summed E-state index contributed by atoms with van der Waals surface area (Å²) in [6.45, 7) is 2.43. The molecule has 2 N–H and O–H groups in total. The molecule has 22 heavy (non-hydrogen) atoms. The minimum Gasteiger partial charge on any atom is -0.496 e. The van der Waals surface area contributed by atoms with E-state index in [9.17, 15) is 13.2 Å². The van der Waals surface area contributed by atoms with Crippen LogP contribution in [0.1, 0.15) is 12.5 Å². The van der Waals surface area contributed by atoms with E-state index >= 15 is 0 Å². The zero-order valence-corrected chi connectivity index (χ0v) is 12.4. The summed E-state index contributed by atoms with van der Waals surface area (Å²) in [6, 6.07) is 6.64. The van der Waals surface area contributed by atoms with Gasteiger partial charge in [-0.25, -0.2) is 13.2 Å². The minimum absolute atomic E-state index is 0.00243. The quantitative estimate of drug-likeness (QED) is 0.855. The monoisotopic (exact) mass is 310 g/mol. The first-order valence-electron chi connectivity index (χ1n) is 6.78. The highest BCUT2D eigenvalue weighted by molar-refractivity contribution is 5.57. The molecule has 2 rings (SSSR count). The van der Waals surface area contributed by atoms with Crippen LogP contribution in [0.5, 0.6) is 5.75 Å². The van der Waals surface area contributed by atoms with Crippen molar-refractivity contribution < 1.29 is 17.9 Å². The van der Waals surface area contributed by atoms with Gasteiger partial charge in [-0.2, -0.15) is 0 Å². The normalized spacial score (nSPS) is 10.6. The van der Waals surface area contributed by atoms with Crippen LogP contribution in [0.15, 0.2) is 30.3 Å². The Labute approximate surface area is 127 Å². The third-order valence-electron chi connectivity index (χ3n) is 3.45. The van der Waals surface area contributed by atoms with Crippen LogP contribution < -0.4 is 15.4 Å². The zero-order valence-electron chi connectivity index (χ0n) is 12.4. The lowest BCUT2D eigenvalue weighted by atomic mass is 10.1. The van der Waals surface area contributed by atoms with Gasteiger partial charge in [0, 0.05) is 18.8 Å². The molecule has 0 saturated heterocycles. The van der Waals surface area contributed by atoms with Crippen LogP contribution in [0, 0.1) is 17.5 Å². The van der Waals surface area contributed by atoms with E-state index in [-0.39, 0.29) is 23.5 Å². The molecule has 2 aromatic carbocycles. The number of anilines is 2. The van der Waals surface area contributed by atoms with Crippen molar-refractivity contribution in [1.29, 1.82) is 0 Å². The van der Waals surface area contributed by atoms with Crippen molar-refractivity contribution in [3.63, 3.8) is 0 Å². The lowest BCUT2D eigenvalue weighted by Crippen LogP contribution is -2.23. The molecule has 0 aliphatic carbocycles. The number of benzene rings is 2. The molecule has 0 saturated carbocycles. The Balaban J connectivity index is 2.38. The molecule has 3 nitrogen and oxygen atoms in total. The number of hydrogen-bond acceptors (Lipinski definition) is 3. The maximum Gasteiger partial charge on any atom is 0.167 e. The molecule has 0 unspecified atom stereocenters. The third-order valence-corrected chi connectivity index (χ3v) is 3.45. The van der Waals surface area contributed by atoms with Crippen molar-refractivity contribution >= 4 is 11.4 Å². The van der Waals surface area contributed by atoms with Crippen LogP contribution in [0.2, 0.25) is 0 Å². The molecule has 2 aromatic rings. The first kappa shape index (κ1) is 16.0. The summed E-state index contributed by atoms with van der Waals surface area (Å²) >= 11 is 0. The minimum atomic E-state index is -0.951. The van der Waals surface area contributed by atoms with Crippen molar-refractivity contribution in [3.05, 3.63) is 53.3 Å². The Morgan fingerprint density at radius 1 is 1.09 bits per heavy atom. The Morgan fingerprint density at radius 3 is 2.36 bits per heavy atom. The summed E-state index contributed by atoms with van der Waals surface area (Å²) < 4.78 is 45.8. The lowest BCUT2D eigenvalue weighted by molar-refractivity contribution is 0.397.